The number of nitrogens with zero attached hydrogens (tertiary/aromatic N) is 1. The maximum Gasteiger partial charge on any atom is 0.246 e. The minimum absolute atomic E-state index is 0.132. The molecule has 2 aromatic rings. The number of nitrogens with one attached hydrogen (secondary N) is 2. The van der Waals surface area contributed by atoms with Crippen molar-refractivity contribution in [3.05, 3.63) is 42.5 Å². The van der Waals surface area contributed by atoms with Crippen molar-refractivity contribution in [1.82, 2.24) is 0 Å². The van der Waals surface area contributed by atoms with Gasteiger partial charge in [-0.3, -0.25) is 9.59 Å². The van der Waals surface area contributed by atoms with Crippen molar-refractivity contribution in [3.8, 4) is 11.5 Å². The predicted octanol–water partition coefficient (Wildman–Crippen LogP) is 3.27. The van der Waals surface area contributed by atoms with Crippen LogP contribution in [0.3, 0.4) is 0 Å². The van der Waals surface area contributed by atoms with Gasteiger partial charge in [-0.15, -0.1) is 0 Å². The van der Waals surface area contributed by atoms with Crippen LogP contribution < -0.4 is 25.0 Å². The normalized spacial score (nSPS) is 14.5. The number of benzene rings is 2. The SMILES string of the molecule is COc1ccc(OC)c(NC(=O)[C@H](C)Nc2cccc(N3CCCC3=O)c2)c1. The lowest BCUT2D eigenvalue weighted by atomic mass is 10.2. The van der Waals surface area contributed by atoms with Gasteiger partial charge in [-0.05, 0) is 43.7 Å². The lowest BCUT2D eigenvalue weighted by molar-refractivity contribution is -0.117. The molecule has 2 aromatic carbocycles. The van der Waals surface area contributed by atoms with Gasteiger partial charge in [-0.2, -0.15) is 0 Å². The third-order valence-electron chi connectivity index (χ3n) is 4.67. The minimum Gasteiger partial charge on any atom is -0.497 e. The molecule has 1 saturated heterocycles. The summed E-state index contributed by atoms with van der Waals surface area (Å²) in [5, 5.41) is 6.05. The molecule has 1 aliphatic heterocycles. The molecule has 2 N–H and O–H groups in total. The van der Waals surface area contributed by atoms with E-state index in [0.29, 0.717) is 23.6 Å². The average molecular weight is 383 g/mol. The number of rotatable bonds is 7. The highest BCUT2D eigenvalue weighted by atomic mass is 16.5. The van der Waals surface area contributed by atoms with Crippen molar-refractivity contribution < 1.29 is 19.1 Å². The Balaban J connectivity index is 1.69. The van der Waals surface area contributed by atoms with Crippen LogP contribution in [0.4, 0.5) is 17.1 Å². The molecule has 0 aromatic heterocycles. The molecule has 0 radical (unpaired) electrons. The molecule has 0 spiro atoms. The van der Waals surface area contributed by atoms with E-state index in [-0.39, 0.29) is 11.8 Å². The van der Waals surface area contributed by atoms with E-state index in [9.17, 15) is 9.59 Å². The number of amides is 2. The van der Waals surface area contributed by atoms with E-state index in [4.69, 9.17) is 9.47 Å². The maximum absolute atomic E-state index is 12.6. The fraction of sp³-hybridized carbons (Fsp3) is 0.333. The summed E-state index contributed by atoms with van der Waals surface area (Å²) in [5.41, 5.74) is 2.16. The number of anilines is 3. The molecular weight excluding hydrogens is 358 g/mol. The zero-order valence-corrected chi connectivity index (χ0v) is 16.3. The zero-order valence-electron chi connectivity index (χ0n) is 16.3. The second-order valence-electron chi connectivity index (χ2n) is 6.62. The van der Waals surface area contributed by atoms with Crippen LogP contribution in [0, 0.1) is 0 Å². The number of hydrogen-bond donors (Lipinski definition) is 2. The van der Waals surface area contributed by atoms with Crippen LogP contribution in [0.2, 0.25) is 0 Å². The fourth-order valence-corrected chi connectivity index (χ4v) is 3.15. The Bertz CT molecular complexity index is 868. The van der Waals surface area contributed by atoms with Crippen LogP contribution in [0.5, 0.6) is 11.5 Å². The van der Waals surface area contributed by atoms with E-state index in [1.807, 2.05) is 24.3 Å². The summed E-state index contributed by atoms with van der Waals surface area (Å²) in [7, 11) is 3.11. The monoisotopic (exact) mass is 383 g/mol. The van der Waals surface area contributed by atoms with E-state index in [2.05, 4.69) is 10.6 Å². The van der Waals surface area contributed by atoms with Crippen LogP contribution in [-0.4, -0.2) is 38.6 Å². The molecule has 0 unspecified atom stereocenters. The topological polar surface area (TPSA) is 79.9 Å². The van der Waals surface area contributed by atoms with Gasteiger partial charge < -0.3 is 25.0 Å². The van der Waals surface area contributed by atoms with Crippen LogP contribution in [-0.2, 0) is 9.59 Å². The Morgan fingerprint density at radius 2 is 1.96 bits per heavy atom. The first-order valence-electron chi connectivity index (χ1n) is 9.21. The largest absolute Gasteiger partial charge is 0.497 e. The first-order valence-corrected chi connectivity index (χ1v) is 9.21. The van der Waals surface area contributed by atoms with E-state index in [1.165, 1.54) is 0 Å². The summed E-state index contributed by atoms with van der Waals surface area (Å²) in [6, 6.07) is 12.3. The van der Waals surface area contributed by atoms with Gasteiger partial charge in [-0.25, -0.2) is 0 Å². The Labute approximate surface area is 164 Å². The van der Waals surface area contributed by atoms with Gasteiger partial charge in [0.05, 0.1) is 19.9 Å². The summed E-state index contributed by atoms with van der Waals surface area (Å²) in [4.78, 5) is 26.4. The first kappa shape index (κ1) is 19.5. The van der Waals surface area contributed by atoms with Crippen LogP contribution in [0.1, 0.15) is 19.8 Å². The highest BCUT2D eigenvalue weighted by molar-refractivity contribution is 5.98. The summed E-state index contributed by atoms with van der Waals surface area (Å²) >= 11 is 0. The molecule has 7 heteroatoms. The van der Waals surface area contributed by atoms with Crippen molar-refractivity contribution in [2.24, 2.45) is 0 Å². The molecule has 1 fully saturated rings. The fourth-order valence-electron chi connectivity index (χ4n) is 3.15. The number of carbonyl (C=O) groups is 2. The molecule has 1 atom stereocenters. The van der Waals surface area contributed by atoms with Crippen molar-refractivity contribution in [3.63, 3.8) is 0 Å². The summed E-state index contributed by atoms with van der Waals surface area (Å²) in [5.74, 6) is 1.10. The second-order valence-corrected chi connectivity index (χ2v) is 6.62. The molecule has 1 heterocycles. The Hall–Kier alpha value is -3.22. The van der Waals surface area contributed by atoms with Gasteiger partial charge in [0.2, 0.25) is 11.8 Å². The molecule has 148 valence electrons. The Morgan fingerprint density at radius 1 is 1.14 bits per heavy atom. The Kier molecular flexibility index (Phi) is 6.03. The van der Waals surface area contributed by atoms with Crippen molar-refractivity contribution in [2.75, 3.05) is 36.3 Å². The molecule has 1 aliphatic rings. The third-order valence-corrected chi connectivity index (χ3v) is 4.67. The lowest BCUT2D eigenvalue weighted by Gasteiger charge is -2.20. The molecule has 0 aliphatic carbocycles. The van der Waals surface area contributed by atoms with Gasteiger partial charge in [0.15, 0.2) is 0 Å². The van der Waals surface area contributed by atoms with E-state index in [1.54, 1.807) is 44.2 Å². The number of methoxy groups -OCH3 is 2. The smallest absolute Gasteiger partial charge is 0.246 e. The maximum atomic E-state index is 12.6. The quantitative estimate of drug-likeness (QED) is 0.767. The zero-order chi connectivity index (χ0) is 20.1. The highest BCUT2D eigenvalue weighted by Gasteiger charge is 2.22. The third kappa shape index (κ3) is 4.36. The average Bonchev–Trinajstić information content (AvgIpc) is 3.14. The molecule has 0 saturated carbocycles. The summed E-state index contributed by atoms with van der Waals surface area (Å²) in [6.45, 7) is 2.50. The summed E-state index contributed by atoms with van der Waals surface area (Å²) < 4.78 is 10.5. The van der Waals surface area contributed by atoms with Crippen molar-refractivity contribution in [2.45, 2.75) is 25.8 Å². The van der Waals surface area contributed by atoms with Crippen LogP contribution in [0.25, 0.3) is 0 Å². The lowest BCUT2D eigenvalue weighted by Crippen LogP contribution is -2.32. The number of hydrogen-bond acceptors (Lipinski definition) is 5. The van der Waals surface area contributed by atoms with E-state index >= 15 is 0 Å². The summed E-state index contributed by atoms with van der Waals surface area (Å²) in [6.07, 6.45) is 1.45. The molecule has 0 bridgehead atoms. The molecule has 7 nitrogen and oxygen atoms in total. The van der Waals surface area contributed by atoms with Gasteiger partial charge in [-0.1, -0.05) is 6.07 Å². The second kappa shape index (κ2) is 8.65. The number of ether oxygens (including phenoxy) is 2. The van der Waals surface area contributed by atoms with Gasteiger partial charge >= 0.3 is 0 Å². The molecule has 3 rings (SSSR count). The molecule has 28 heavy (non-hydrogen) atoms. The van der Waals surface area contributed by atoms with Crippen LogP contribution in [0.15, 0.2) is 42.5 Å². The number of carbonyl (C=O) groups excluding carboxylic acids is 2. The Morgan fingerprint density at radius 3 is 2.64 bits per heavy atom. The molecule has 2 amide bonds. The van der Waals surface area contributed by atoms with Gasteiger partial charge in [0.1, 0.15) is 17.5 Å². The predicted molar refractivity (Wildman–Crippen MR) is 109 cm³/mol. The molecular formula is C21H25N3O4. The van der Waals surface area contributed by atoms with E-state index in [0.717, 1.165) is 24.3 Å². The first-order chi connectivity index (χ1) is 13.5. The van der Waals surface area contributed by atoms with Gasteiger partial charge in [0.25, 0.3) is 0 Å². The van der Waals surface area contributed by atoms with Gasteiger partial charge in [0, 0.05) is 30.4 Å². The van der Waals surface area contributed by atoms with Crippen molar-refractivity contribution in [1.29, 1.82) is 0 Å². The van der Waals surface area contributed by atoms with Crippen LogP contribution >= 0.6 is 0 Å². The highest BCUT2D eigenvalue weighted by Crippen LogP contribution is 2.29. The van der Waals surface area contributed by atoms with Crippen molar-refractivity contribution >= 4 is 28.9 Å². The standard InChI is InChI=1S/C21H25N3O4/c1-14(21(26)23-18-13-17(27-2)9-10-19(18)28-3)22-15-6-4-7-16(12-15)24-11-5-8-20(24)25/h4,6-7,9-10,12-14,22H,5,8,11H2,1-3H3,(H,23,26)/t14-/m0/s1. The minimum atomic E-state index is -0.500. The van der Waals surface area contributed by atoms with E-state index < -0.39 is 6.04 Å².